The number of anilines is 1. The molecule has 1 atom stereocenters. The van der Waals surface area contributed by atoms with Crippen molar-refractivity contribution in [3.8, 4) is 11.5 Å². The number of hydrogen-bond donors (Lipinski definition) is 1. The van der Waals surface area contributed by atoms with Crippen LogP contribution >= 0.6 is 11.8 Å². The summed E-state index contributed by atoms with van der Waals surface area (Å²) in [5, 5.41) is 10.2. The van der Waals surface area contributed by atoms with E-state index in [0.717, 1.165) is 40.6 Å². The summed E-state index contributed by atoms with van der Waals surface area (Å²) in [5.41, 5.74) is 3.15. The van der Waals surface area contributed by atoms with E-state index in [1.807, 2.05) is 32.0 Å². The molecule has 8 heteroatoms. The summed E-state index contributed by atoms with van der Waals surface area (Å²) >= 11 is 1.08. The summed E-state index contributed by atoms with van der Waals surface area (Å²) in [5.74, 6) is -2.02. The van der Waals surface area contributed by atoms with Gasteiger partial charge >= 0.3 is 0 Å². The van der Waals surface area contributed by atoms with Crippen molar-refractivity contribution in [3.63, 3.8) is 0 Å². The number of nitrogens with zero attached hydrogens (tertiary/aromatic N) is 2. The number of amides is 1. The van der Waals surface area contributed by atoms with Gasteiger partial charge in [0.2, 0.25) is 11.8 Å². The molecule has 5 nitrogen and oxygen atoms in total. The molecule has 27 heavy (non-hydrogen) atoms. The van der Waals surface area contributed by atoms with Gasteiger partial charge in [-0.1, -0.05) is 29.0 Å². The number of carbonyl (C=O) groups excluding carboxylic acids is 1. The minimum Gasteiger partial charge on any atom is -0.411 e. The number of thioether (sulfide) groups is 1. The number of aromatic nitrogens is 2. The fraction of sp³-hybridized carbons (Fsp3) is 0.211. The molecule has 0 saturated heterocycles. The van der Waals surface area contributed by atoms with Crippen molar-refractivity contribution in [2.75, 3.05) is 5.32 Å². The Kier molecular flexibility index (Phi) is 5.55. The molecule has 0 saturated carbocycles. The summed E-state index contributed by atoms with van der Waals surface area (Å²) in [6.45, 7) is 5.61. The van der Waals surface area contributed by atoms with Crippen LogP contribution in [-0.2, 0) is 4.79 Å². The monoisotopic (exact) mass is 389 g/mol. The van der Waals surface area contributed by atoms with E-state index in [0.29, 0.717) is 5.89 Å². The van der Waals surface area contributed by atoms with Gasteiger partial charge < -0.3 is 9.73 Å². The lowest BCUT2D eigenvalue weighted by Gasteiger charge is -2.10. The zero-order valence-electron chi connectivity index (χ0n) is 14.9. The van der Waals surface area contributed by atoms with E-state index < -0.39 is 22.8 Å². The predicted octanol–water partition coefficient (Wildman–Crippen LogP) is 4.75. The highest BCUT2D eigenvalue weighted by Crippen LogP contribution is 2.28. The molecular formula is C19H17F2N3O2S. The molecule has 1 N–H and O–H groups in total. The standard InChI is InChI=1S/C19H17F2N3O2S/c1-10-6-11(2)8-13(7-10)18-23-24-19(26-18)27-12(3)17(25)22-14-4-5-15(20)16(21)9-14/h4-9,12H,1-3H3,(H,22,25)/t12-/m1/s1. The van der Waals surface area contributed by atoms with Crippen LogP contribution in [0, 0.1) is 25.5 Å². The van der Waals surface area contributed by atoms with Gasteiger partial charge in [0, 0.05) is 17.3 Å². The predicted molar refractivity (Wildman–Crippen MR) is 99.5 cm³/mol. The first kappa shape index (κ1) is 19.0. The van der Waals surface area contributed by atoms with Gasteiger partial charge in [-0.3, -0.25) is 4.79 Å². The van der Waals surface area contributed by atoms with Crippen LogP contribution < -0.4 is 5.32 Å². The number of benzene rings is 2. The highest BCUT2D eigenvalue weighted by molar-refractivity contribution is 8.00. The molecule has 0 aliphatic rings. The van der Waals surface area contributed by atoms with Crippen LogP contribution in [0.2, 0.25) is 0 Å². The van der Waals surface area contributed by atoms with Crippen molar-refractivity contribution in [2.24, 2.45) is 0 Å². The Morgan fingerprint density at radius 3 is 2.44 bits per heavy atom. The quantitative estimate of drug-likeness (QED) is 0.638. The molecule has 1 aromatic heterocycles. The Bertz CT molecular complexity index is 971. The average molecular weight is 389 g/mol. The van der Waals surface area contributed by atoms with Crippen molar-refractivity contribution in [2.45, 2.75) is 31.2 Å². The number of hydrogen-bond acceptors (Lipinski definition) is 5. The zero-order chi connectivity index (χ0) is 19.6. The highest BCUT2D eigenvalue weighted by Gasteiger charge is 2.19. The smallest absolute Gasteiger partial charge is 0.277 e. The zero-order valence-corrected chi connectivity index (χ0v) is 15.7. The second-order valence-corrected chi connectivity index (χ2v) is 7.42. The van der Waals surface area contributed by atoms with Crippen LogP contribution in [0.4, 0.5) is 14.5 Å². The van der Waals surface area contributed by atoms with Crippen molar-refractivity contribution in [1.29, 1.82) is 0 Å². The molecule has 1 heterocycles. The van der Waals surface area contributed by atoms with Crippen LogP contribution in [-0.4, -0.2) is 21.4 Å². The summed E-state index contributed by atoms with van der Waals surface area (Å²) < 4.78 is 31.8. The topological polar surface area (TPSA) is 68.0 Å². The van der Waals surface area contributed by atoms with Gasteiger partial charge in [-0.25, -0.2) is 8.78 Å². The van der Waals surface area contributed by atoms with Crippen LogP contribution in [0.1, 0.15) is 18.1 Å². The largest absolute Gasteiger partial charge is 0.411 e. The summed E-state index contributed by atoms with van der Waals surface area (Å²) in [6, 6.07) is 9.09. The normalized spacial score (nSPS) is 12.0. The minimum atomic E-state index is -1.02. The van der Waals surface area contributed by atoms with Gasteiger partial charge in [-0.05, 0) is 45.0 Å². The van der Waals surface area contributed by atoms with Gasteiger partial charge in [0.1, 0.15) is 0 Å². The lowest BCUT2D eigenvalue weighted by molar-refractivity contribution is -0.115. The molecule has 0 radical (unpaired) electrons. The van der Waals surface area contributed by atoms with Crippen LogP contribution in [0.5, 0.6) is 0 Å². The van der Waals surface area contributed by atoms with Crippen molar-refractivity contribution in [3.05, 3.63) is 59.2 Å². The molecule has 0 aliphatic carbocycles. The van der Waals surface area contributed by atoms with Crippen LogP contribution in [0.25, 0.3) is 11.5 Å². The molecule has 3 aromatic rings. The maximum atomic E-state index is 13.2. The Morgan fingerprint density at radius 1 is 1.07 bits per heavy atom. The van der Waals surface area contributed by atoms with Crippen molar-refractivity contribution in [1.82, 2.24) is 10.2 Å². The maximum Gasteiger partial charge on any atom is 0.277 e. The lowest BCUT2D eigenvalue weighted by atomic mass is 10.1. The number of nitrogens with one attached hydrogen (secondary N) is 1. The summed E-state index contributed by atoms with van der Waals surface area (Å²) in [4.78, 5) is 12.2. The Morgan fingerprint density at radius 2 is 1.78 bits per heavy atom. The molecule has 140 valence electrons. The van der Waals surface area contributed by atoms with Crippen molar-refractivity contribution < 1.29 is 18.0 Å². The second-order valence-electron chi connectivity index (χ2n) is 6.13. The summed E-state index contributed by atoms with van der Waals surface area (Å²) in [7, 11) is 0. The van der Waals surface area contributed by atoms with Crippen LogP contribution in [0.15, 0.2) is 46.0 Å². The number of aryl methyl sites for hydroxylation is 2. The molecule has 0 fully saturated rings. The molecule has 0 unspecified atom stereocenters. The number of rotatable bonds is 5. The second kappa shape index (κ2) is 7.87. The maximum absolute atomic E-state index is 13.2. The first-order valence-corrected chi connectivity index (χ1v) is 9.04. The van der Waals surface area contributed by atoms with Crippen LogP contribution in [0.3, 0.4) is 0 Å². The Labute approximate surface area is 159 Å². The number of halogens is 2. The lowest BCUT2D eigenvalue weighted by Crippen LogP contribution is -2.22. The van der Waals surface area contributed by atoms with Crippen molar-refractivity contribution >= 4 is 23.4 Å². The SMILES string of the molecule is Cc1cc(C)cc(-c2nnc(S[C@H](C)C(=O)Nc3ccc(F)c(F)c3)o2)c1. The molecule has 1 amide bonds. The fourth-order valence-corrected chi connectivity index (χ4v) is 3.18. The minimum absolute atomic E-state index is 0.174. The van der Waals surface area contributed by atoms with Gasteiger partial charge in [0.25, 0.3) is 5.22 Å². The average Bonchev–Trinajstić information content (AvgIpc) is 3.06. The van der Waals surface area contributed by atoms with Gasteiger partial charge in [0.15, 0.2) is 11.6 Å². The first-order chi connectivity index (χ1) is 12.8. The third-order valence-corrected chi connectivity index (χ3v) is 4.64. The van der Waals surface area contributed by atoms with E-state index in [1.54, 1.807) is 6.92 Å². The molecular weight excluding hydrogens is 372 g/mol. The van der Waals surface area contributed by atoms with Gasteiger partial charge in [-0.2, -0.15) is 0 Å². The summed E-state index contributed by atoms with van der Waals surface area (Å²) in [6.07, 6.45) is 0. The molecule has 3 rings (SSSR count). The van der Waals surface area contributed by atoms with E-state index in [9.17, 15) is 13.6 Å². The van der Waals surface area contributed by atoms with E-state index in [2.05, 4.69) is 15.5 Å². The molecule has 0 bridgehead atoms. The molecule has 0 spiro atoms. The Hall–Kier alpha value is -2.74. The fourth-order valence-electron chi connectivity index (χ4n) is 2.49. The third kappa shape index (κ3) is 4.71. The molecule has 2 aromatic carbocycles. The molecule has 0 aliphatic heterocycles. The van der Waals surface area contributed by atoms with E-state index in [4.69, 9.17) is 4.42 Å². The third-order valence-electron chi connectivity index (χ3n) is 3.71. The highest BCUT2D eigenvalue weighted by atomic mass is 32.2. The van der Waals surface area contributed by atoms with E-state index >= 15 is 0 Å². The first-order valence-electron chi connectivity index (χ1n) is 8.16. The Balaban J connectivity index is 1.67. The van der Waals surface area contributed by atoms with E-state index in [-0.39, 0.29) is 10.9 Å². The van der Waals surface area contributed by atoms with E-state index in [1.165, 1.54) is 6.07 Å². The van der Waals surface area contributed by atoms with Gasteiger partial charge in [0.05, 0.1) is 5.25 Å². The number of carbonyl (C=O) groups is 1. The van der Waals surface area contributed by atoms with Gasteiger partial charge in [-0.15, -0.1) is 10.2 Å².